The first-order chi connectivity index (χ1) is 11.6. The maximum Gasteiger partial charge on any atom is 0.230 e. The van der Waals surface area contributed by atoms with Crippen molar-refractivity contribution in [3.63, 3.8) is 0 Å². The van der Waals surface area contributed by atoms with E-state index in [1.165, 1.54) is 17.8 Å². The number of nitrogens with one attached hydrogen (secondary N) is 2. The van der Waals surface area contributed by atoms with E-state index in [-0.39, 0.29) is 23.5 Å². The van der Waals surface area contributed by atoms with Crippen LogP contribution in [0.5, 0.6) is 0 Å². The molecule has 1 heterocycles. The molecule has 1 atom stereocenters. The van der Waals surface area contributed by atoms with Crippen LogP contribution in [0.4, 0.5) is 4.39 Å². The lowest BCUT2D eigenvalue weighted by atomic mass is 10.2. The highest BCUT2D eigenvalue weighted by Gasteiger charge is 2.13. The van der Waals surface area contributed by atoms with Crippen LogP contribution in [0.1, 0.15) is 23.6 Å². The summed E-state index contributed by atoms with van der Waals surface area (Å²) in [5, 5.41) is 2.81. The first kappa shape index (κ1) is 16.5. The fourth-order valence-electron chi connectivity index (χ4n) is 2.33. The van der Waals surface area contributed by atoms with Gasteiger partial charge in [0.15, 0.2) is 0 Å². The molecule has 6 heteroatoms. The number of hydrogen-bond acceptors (Lipinski definition) is 3. The summed E-state index contributed by atoms with van der Waals surface area (Å²) >= 11 is 1.49. The summed E-state index contributed by atoms with van der Waals surface area (Å²) < 4.78 is 13.5. The molecule has 0 aliphatic heterocycles. The van der Waals surface area contributed by atoms with Crippen molar-refractivity contribution in [1.29, 1.82) is 0 Å². The normalized spacial score (nSPS) is 12.2. The van der Waals surface area contributed by atoms with Crippen LogP contribution in [0.25, 0.3) is 11.0 Å². The number of H-pyrrole nitrogens is 1. The summed E-state index contributed by atoms with van der Waals surface area (Å²) in [4.78, 5) is 19.8. The van der Waals surface area contributed by atoms with Crippen LogP contribution in [0.2, 0.25) is 0 Å². The molecule has 0 saturated carbocycles. The predicted molar refractivity (Wildman–Crippen MR) is 95.2 cm³/mol. The highest BCUT2D eigenvalue weighted by atomic mass is 32.2. The Morgan fingerprint density at radius 1 is 1.25 bits per heavy atom. The van der Waals surface area contributed by atoms with Crippen LogP contribution in [-0.2, 0) is 11.3 Å². The molecule has 0 aliphatic carbocycles. The van der Waals surface area contributed by atoms with Crippen molar-refractivity contribution in [2.75, 3.05) is 5.75 Å². The van der Waals surface area contributed by atoms with Gasteiger partial charge in [-0.1, -0.05) is 30.3 Å². The van der Waals surface area contributed by atoms with Crippen LogP contribution >= 0.6 is 11.8 Å². The van der Waals surface area contributed by atoms with Gasteiger partial charge in [0.2, 0.25) is 5.91 Å². The van der Waals surface area contributed by atoms with E-state index in [9.17, 15) is 9.18 Å². The lowest BCUT2D eigenvalue weighted by molar-refractivity contribution is -0.118. The monoisotopic (exact) mass is 343 g/mol. The third kappa shape index (κ3) is 3.94. The van der Waals surface area contributed by atoms with Gasteiger partial charge in [-0.25, -0.2) is 9.37 Å². The standard InChI is InChI=1S/C18H18FN3OS/c1-12(18-21-15-8-4-5-9-16(15)22-18)24-11-17(23)20-10-13-6-2-3-7-14(13)19/h2-9,12H,10-11H2,1H3,(H,20,23)(H,21,22). The van der Waals surface area contributed by atoms with E-state index in [0.717, 1.165) is 16.9 Å². The van der Waals surface area contributed by atoms with E-state index in [2.05, 4.69) is 15.3 Å². The van der Waals surface area contributed by atoms with Crippen molar-refractivity contribution in [2.45, 2.75) is 18.7 Å². The summed E-state index contributed by atoms with van der Waals surface area (Å²) in [5.41, 5.74) is 2.40. The molecular weight excluding hydrogens is 325 g/mol. The molecule has 1 unspecified atom stereocenters. The smallest absolute Gasteiger partial charge is 0.230 e. The second-order valence-electron chi connectivity index (χ2n) is 5.46. The van der Waals surface area contributed by atoms with Crippen molar-refractivity contribution >= 4 is 28.7 Å². The molecule has 4 nitrogen and oxygen atoms in total. The van der Waals surface area contributed by atoms with Crippen LogP contribution in [0, 0.1) is 5.82 Å². The minimum Gasteiger partial charge on any atom is -0.351 e. The number of halogens is 1. The number of rotatable bonds is 6. The van der Waals surface area contributed by atoms with E-state index in [1.54, 1.807) is 18.2 Å². The fraction of sp³-hybridized carbons (Fsp3) is 0.222. The van der Waals surface area contributed by atoms with Gasteiger partial charge in [0.1, 0.15) is 11.6 Å². The zero-order chi connectivity index (χ0) is 16.9. The number of para-hydroxylation sites is 2. The van der Waals surface area contributed by atoms with Crippen molar-refractivity contribution in [2.24, 2.45) is 0 Å². The number of carbonyl (C=O) groups excluding carboxylic acids is 1. The number of aromatic amines is 1. The van der Waals surface area contributed by atoms with E-state index in [4.69, 9.17) is 0 Å². The zero-order valence-corrected chi connectivity index (χ0v) is 14.1. The van der Waals surface area contributed by atoms with Crippen LogP contribution < -0.4 is 5.32 Å². The highest BCUT2D eigenvalue weighted by molar-refractivity contribution is 8.00. The maximum atomic E-state index is 13.5. The summed E-state index contributed by atoms with van der Waals surface area (Å²) in [6.07, 6.45) is 0. The second-order valence-corrected chi connectivity index (χ2v) is 6.79. The Morgan fingerprint density at radius 2 is 2.00 bits per heavy atom. The van der Waals surface area contributed by atoms with Gasteiger partial charge < -0.3 is 10.3 Å². The summed E-state index contributed by atoms with van der Waals surface area (Å²) in [7, 11) is 0. The molecule has 0 bridgehead atoms. The Morgan fingerprint density at radius 3 is 2.79 bits per heavy atom. The molecule has 0 aliphatic rings. The van der Waals surface area contributed by atoms with Gasteiger partial charge in [-0.2, -0.15) is 0 Å². The number of amides is 1. The van der Waals surface area contributed by atoms with Gasteiger partial charge in [0.25, 0.3) is 0 Å². The van der Waals surface area contributed by atoms with E-state index < -0.39 is 0 Å². The SMILES string of the molecule is CC(SCC(=O)NCc1ccccc1F)c1nc2ccccc2[nH]1. The number of aromatic nitrogens is 2. The predicted octanol–water partition coefficient (Wildman–Crippen LogP) is 3.81. The van der Waals surface area contributed by atoms with Crippen LogP contribution in [0.15, 0.2) is 48.5 Å². The van der Waals surface area contributed by atoms with Gasteiger partial charge in [0, 0.05) is 12.1 Å². The van der Waals surface area contributed by atoms with Crippen molar-refractivity contribution in [3.05, 3.63) is 65.7 Å². The minimum atomic E-state index is -0.305. The molecule has 0 saturated heterocycles. The molecule has 0 radical (unpaired) electrons. The molecule has 1 amide bonds. The van der Waals surface area contributed by atoms with E-state index >= 15 is 0 Å². The van der Waals surface area contributed by atoms with Crippen LogP contribution in [0.3, 0.4) is 0 Å². The number of fused-ring (bicyclic) bond motifs is 1. The average Bonchev–Trinajstić information content (AvgIpc) is 3.03. The van der Waals surface area contributed by atoms with E-state index in [0.29, 0.717) is 11.3 Å². The number of thioether (sulfide) groups is 1. The lowest BCUT2D eigenvalue weighted by Crippen LogP contribution is -2.25. The Hall–Kier alpha value is -2.34. The highest BCUT2D eigenvalue weighted by Crippen LogP contribution is 2.27. The summed E-state index contributed by atoms with van der Waals surface area (Å²) in [6, 6.07) is 14.3. The second kappa shape index (κ2) is 7.49. The van der Waals surface area contributed by atoms with Crippen molar-refractivity contribution in [1.82, 2.24) is 15.3 Å². The first-order valence-corrected chi connectivity index (χ1v) is 8.74. The van der Waals surface area contributed by atoms with Gasteiger partial charge >= 0.3 is 0 Å². The Bertz CT molecular complexity index is 816. The summed E-state index contributed by atoms with van der Waals surface area (Å²) in [5.74, 6) is 0.725. The molecular formula is C18H18FN3OS. The molecule has 1 aromatic heterocycles. The summed E-state index contributed by atoms with van der Waals surface area (Å²) in [6.45, 7) is 2.21. The number of imidazole rings is 1. The van der Waals surface area contributed by atoms with Gasteiger partial charge in [-0.05, 0) is 25.1 Å². The minimum absolute atomic E-state index is 0.0663. The lowest BCUT2D eigenvalue weighted by Gasteiger charge is -2.09. The van der Waals surface area contributed by atoms with Gasteiger partial charge in [-0.15, -0.1) is 11.8 Å². The van der Waals surface area contributed by atoms with Crippen molar-refractivity contribution < 1.29 is 9.18 Å². The molecule has 0 fully saturated rings. The maximum absolute atomic E-state index is 13.5. The first-order valence-electron chi connectivity index (χ1n) is 7.70. The zero-order valence-electron chi connectivity index (χ0n) is 13.3. The number of benzene rings is 2. The number of nitrogens with zero attached hydrogens (tertiary/aromatic N) is 1. The van der Waals surface area contributed by atoms with Crippen LogP contribution in [-0.4, -0.2) is 21.6 Å². The fourth-order valence-corrected chi connectivity index (χ4v) is 3.10. The van der Waals surface area contributed by atoms with Gasteiger partial charge in [0.05, 0.1) is 22.0 Å². The Balaban J connectivity index is 1.51. The molecule has 24 heavy (non-hydrogen) atoms. The number of carbonyl (C=O) groups is 1. The Kier molecular flexibility index (Phi) is 5.15. The van der Waals surface area contributed by atoms with E-state index in [1.807, 2.05) is 31.2 Å². The molecule has 3 rings (SSSR count). The molecule has 3 aromatic rings. The molecule has 2 aromatic carbocycles. The average molecular weight is 343 g/mol. The third-order valence-corrected chi connectivity index (χ3v) is 4.84. The largest absolute Gasteiger partial charge is 0.351 e. The topological polar surface area (TPSA) is 57.8 Å². The third-order valence-electron chi connectivity index (χ3n) is 3.69. The number of hydrogen-bond donors (Lipinski definition) is 2. The van der Waals surface area contributed by atoms with Gasteiger partial charge in [-0.3, -0.25) is 4.79 Å². The Labute approximate surface area is 143 Å². The molecule has 124 valence electrons. The molecule has 0 spiro atoms. The van der Waals surface area contributed by atoms with Crippen molar-refractivity contribution in [3.8, 4) is 0 Å². The quantitative estimate of drug-likeness (QED) is 0.715. The molecule has 2 N–H and O–H groups in total.